The molecule has 1 unspecified atom stereocenters. The standard InChI is InChI=1S/C15H22FN/c1-11-6-7-13(15(2,3)16)9-14(11)12-5-4-8-17-10-12/h6-7,9,12,17H,4-5,8,10H2,1-3H3. The molecular formula is C15H22FN. The molecule has 1 N–H and O–H groups in total. The van der Waals surface area contributed by atoms with Crippen LogP contribution in [0.15, 0.2) is 18.2 Å². The van der Waals surface area contributed by atoms with Crippen molar-refractivity contribution < 1.29 is 4.39 Å². The van der Waals surface area contributed by atoms with Crippen molar-refractivity contribution in [2.75, 3.05) is 13.1 Å². The summed E-state index contributed by atoms with van der Waals surface area (Å²) >= 11 is 0. The number of halogens is 1. The van der Waals surface area contributed by atoms with Gasteiger partial charge in [-0.1, -0.05) is 18.2 Å². The van der Waals surface area contributed by atoms with E-state index in [1.165, 1.54) is 24.0 Å². The number of benzene rings is 1. The molecule has 0 spiro atoms. The summed E-state index contributed by atoms with van der Waals surface area (Å²) in [5.74, 6) is 0.547. The van der Waals surface area contributed by atoms with Crippen LogP contribution >= 0.6 is 0 Å². The fourth-order valence-corrected chi connectivity index (χ4v) is 2.57. The van der Waals surface area contributed by atoms with Crippen molar-refractivity contribution in [1.29, 1.82) is 0 Å². The van der Waals surface area contributed by atoms with Crippen molar-refractivity contribution in [3.05, 3.63) is 34.9 Å². The lowest BCUT2D eigenvalue weighted by Crippen LogP contribution is -2.29. The molecule has 1 aliphatic rings. The molecule has 2 heteroatoms. The number of hydrogen-bond acceptors (Lipinski definition) is 1. The van der Waals surface area contributed by atoms with Crippen molar-refractivity contribution >= 4 is 0 Å². The zero-order chi connectivity index (χ0) is 12.5. The SMILES string of the molecule is Cc1ccc(C(C)(C)F)cc1C1CCCNC1. The first kappa shape index (κ1) is 12.6. The molecule has 0 aromatic heterocycles. The second-order valence-electron chi connectivity index (χ2n) is 5.59. The Morgan fingerprint density at radius 3 is 2.71 bits per heavy atom. The molecule has 1 heterocycles. The molecule has 1 saturated heterocycles. The van der Waals surface area contributed by atoms with E-state index in [0.29, 0.717) is 5.92 Å². The zero-order valence-corrected chi connectivity index (χ0v) is 11.0. The van der Waals surface area contributed by atoms with E-state index >= 15 is 0 Å². The average Bonchev–Trinajstić information content (AvgIpc) is 2.29. The molecule has 1 aliphatic heterocycles. The lowest BCUT2D eigenvalue weighted by molar-refractivity contribution is 0.221. The Balaban J connectivity index is 2.31. The van der Waals surface area contributed by atoms with Crippen LogP contribution < -0.4 is 5.32 Å². The minimum Gasteiger partial charge on any atom is -0.316 e. The predicted molar refractivity (Wildman–Crippen MR) is 70.2 cm³/mol. The first-order chi connectivity index (χ1) is 7.98. The summed E-state index contributed by atoms with van der Waals surface area (Å²) in [4.78, 5) is 0. The van der Waals surface area contributed by atoms with E-state index in [1.54, 1.807) is 13.8 Å². The minimum absolute atomic E-state index is 0.547. The van der Waals surface area contributed by atoms with Gasteiger partial charge in [0, 0.05) is 6.54 Å². The molecule has 0 aliphatic carbocycles. The largest absolute Gasteiger partial charge is 0.316 e. The number of aryl methyl sites for hydroxylation is 1. The summed E-state index contributed by atoms with van der Waals surface area (Å²) in [5.41, 5.74) is 2.15. The molecule has 1 atom stereocenters. The maximum Gasteiger partial charge on any atom is 0.130 e. The fourth-order valence-electron chi connectivity index (χ4n) is 2.57. The topological polar surface area (TPSA) is 12.0 Å². The molecule has 2 rings (SSSR count). The number of hydrogen-bond donors (Lipinski definition) is 1. The van der Waals surface area contributed by atoms with Crippen LogP contribution in [0.5, 0.6) is 0 Å². The molecule has 1 aromatic rings. The van der Waals surface area contributed by atoms with Crippen molar-refractivity contribution in [1.82, 2.24) is 5.32 Å². The fraction of sp³-hybridized carbons (Fsp3) is 0.600. The van der Waals surface area contributed by atoms with Gasteiger partial charge in [-0.25, -0.2) is 4.39 Å². The number of alkyl halides is 1. The Morgan fingerprint density at radius 1 is 1.35 bits per heavy atom. The van der Waals surface area contributed by atoms with E-state index in [1.807, 2.05) is 6.07 Å². The molecule has 0 amide bonds. The van der Waals surface area contributed by atoms with Crippen LogP contribution in [0, 0.1) is 6.92 Å². The monoisotopic (exact) mass is 235 g/mol. The molecule has 1 nitrogen and oxygen atoms in total. The number of rotatable bonds is 2. The number of nitrogens with one attached hydrogen (secondary N) is 1. The summed E-state index contributed by atoms with van der Waals surface area (Å²) in [5, 5.41) is 3.42. The Morgan fingerprint density at radius 2 is 2.12 bits per heavy atom. The third kappa shape index (κ3) is 2.86. The highest BCUT2D eigenvalue weighted by Gasteiger charge is 2.22. The molecular weight excluding hydrogens is 213 g/mol. The summed E-state index contributed by atoms with van der Waals surface area (Å²) in [6.45, 7) is 7.51. The normalized spacial score (nSPS) is 21.5. The second kappa shape index (κ2) is 4.77. The van der Waals surface area contributed by atoms with E-state index in [2.05, 4.69) is 24.4 Å². The van der Waals surface area contributed by atoms with E-state index in [0.717, 1.165) is 18.7 Å². The van der Waals surface area contributed by atoms with Crippen LogP contribution in [0.25, 0.3) is 0 Å². The molecule has 17 heavy (non-hydrogen) atoms. The summed E-state index contributed by atoms with van der Waals surface area (Å²) in [6.07, 6.45) is 2.43. The van der Waals surface area contributed by atoms with E-state index in [4.69, 9.17) is 0 Å². The summed E-state index contributed by atoms with van der Waals surface area (Å²) in [7, 11) is 0. The lowest BCUT2D eigenvalue weighted by Gasteiger charge is -2.26. The van der Waals surface area contributed by atoms with Gasteiger partial charge in [-0.05, 0) is 62.8 Å². The lowest BCUT2D eigenvalue weighted by atomic mass is 9.85. The molecule has 1 fully saturated rings. The first-order valence-corrected chi connectivity index (χ1v) is 6.49. The molecule has 0 bridgehead atoms. The van der Waals surface area contributed by atoms with Gasteiger partial charge in [-0.3, -0.25) is 0 Å². The summed E-state index contributed by atoms with van der Waals surface area (Å²) in [6, 6.07) is 6.03. The highest BCUT2D eigenvalue weighted by molar-refractivity contribution is 5.36. The predicted octanol–water partition coefficient (Wildman–Crippen LogP) is 3.67. The van der Waals surface area contributed by atoms with E-state index in [9.17, 15) is 4.39 Å². The van der Waals surface area contributed by atoms with Gasteiger partial charge in [0.25, 0.3) is 0 Å². The third-order valence-electron chi connectivity index (χ3n) is 3.70. The Kier molecular flexibility index (Phi) is 3.53. The van der Waals surface area contributed by atoms with Crippen molar-refractivity contribution in [3.63, 3.8) is 0 Å². The molecule has 1 aromatic carbocycles. The van der Waals surface area contributed by atoms with Gasteiger partial charge in [0.1, 0.15) is 5.67 Å². The van der Waals surface area contributed by atoms with Gasteiger partial charge in [-0.2, -0.15) is 0 Å². The van der Waals surface area contributed by atoms with E-state index < -0.39 is 5.67 Å². The third-order valence-corrected chi connectivity index (χ3v) is 3.70. The zero-order valence-electron chi connectivity index (χ0n) is 11.0. The van der Waals surface area contributed by atoms with Gasteiger partial charge in [-0.15, -0.1) is 0 Å². The summed E-state index contributed by atoms with van der Waals surface area (Å²) < 4.78 is 14.0. The second-order valence-corrected chi connectivity index (χ2v) is 5.59. The van der Waals surface area contributed by atoms with Crippen molar-refractivity contribution in [2.45, 2.75) is 45.2 Å². The number of piperidine rings is 1. The Bertz CT molecular complexity index is 386. The Hall–Kier alpha value is -0.890. The van der Waals surface area contributed by atoms with Crippen LogP contribution in [-0.4, -0.2) is 13.1 Å². The quantitative estimate of drug-likeness (QED) is 0.824. The van der Waals surface area contributed by atoms with Crippen LogP contribution in [0.1, 0.15) is 49.3 Å². The molecule has 94 valence electrons. The minimum atomic E-state index is -1.25. The van der Waals surface area contributed by atoms with Gasteiger partial charge in [0.2, 0.25) is 0 Å². The maximum atomic E-state index is 14.0. The molecule has 0 saturated carbocycles. The molecule has 0 radical (unpaired) electrons. The van der Waals surface area contributed by atoms with Gasteiger partial charge < -0.3 is 5.32 Å². The van der Waals surface area contributed by atoms with E-state index in [-0.39, 0.29) is 0 Å². The van der Waals surface area contributed by atoms with Crippen LogP contribution in [-0.2, 0) is 5.67 Å². The van der Waals surface area contributed by atoms with Gasteiger partial charge in [0.05, 0.1) is 0 Å². The van der Waals surface area contributed by atoms with Crippen LogP contribution in [0.3, 0.4) is 0 Å². The van der Waals surface area contributed by atoms with Crippen LogP contribution in [0.4, 0.5) is 4.39 Å². The Labute approximate surface area is 103 Å². The smallest absolute Gasteiger partial charge is 0.130 e. The highest BCUT2D eigenvalue weighted by atomic mass is 19.1. The maximum absolute atomic E-state index is 14.0. The van der Waals surface area contributed by atoms with Gasteiger partial charge >= 0.3 is 0 Å². The van der Waals surface area contributed by atoms with Gasteiger partial charge in [0.15, 0.2) is 0 Å². The van der Waals surface area contributed by atoms with Crippen molar-refractivity contribution in [2.24, 2.45) is 0 Å². The first-order valence-electron chi connectivity index (χ1n) is 6.49. The highest BCUT2D eigenvalue weighted by Crippen LogP contribution is 2.31. The van der Waals surface area contributed by atoms with Crippen molar-refractivity contribution in [3.8, 4) is 0 Å². The van der Waals surface area contributed by atoms with Crippen LogP contribution in [0.2, 0.25) is 0 Å². The average molecular weight is 235 g/mol.